The summed E-state index contributed by atoms with van der Waals surface area (Å²) >= 11 is 0. The molecule has 95 valence electrons. The summed E-state index contributed by atoms with van der Waals surface area (Å²) in [6, 6.07) is 17.9. The molecule has 0 aliphatic rings. The molecule has 0 saturated carbocycles. The molecule has 1 heterocycles. The van der Waals surface area contributed by atoms with Gasteiger partial charge in [0.25, 0.3) is 0 Å². The quantitative estimate of drug-likeness (QED) is 0.673. The number of pyridine rings is 1. The summed E-state index contributed by atoms with van der Waals surface area (Å²) in [4.78, 5) is 4.71. The molecule has 0 amide bonds. The van der Waals surface area contributed by atoms with Gasteiger partial charge in [-0.3, -0.25) is 0 Å². The molecule has 0 saturated heterocycles. The van der Waals surface area contributed by atoms with E-state index in [0.29, 0.717) is 0 Å². The van der Waals surface area contributed by atoms with Crippen LogP contribution in [0.25, 0.3) is 22.2 Å². The summed E-state index contributed by atoms with van der Waals surface area (Å²) in [6.45, 7) is 0. The third-order valence-electron chi connectivity index (χ3n) is 3.28. The second-order valence-electron chi connectivity index (χ2n) is 4.52. The van der Waals surface area contributed by atoms with Crippen LogP contribution in [-0.4, -0.2) is 25.5 Å². The van der Waals surface area contributed by atoms with Crippen molar-refractivity contribution in [3.05, 3.63) is 60.2 Å². The maximum absolute atomic E-state index is 5.58. The number of hydrogen-bond acceptors (Lipinski definition) is 2. The Morgan fingerprint density at radius 3 is 2.55 bits per heavy atom. The molecule has 0 atom stereocenters. The molecule has 3 aromatic rings. The van der Waals surface area contributed by atoms with Gasteiger partial charge in [-0.1, -0.05) is 0 Å². The first-order valence-corrected chi connectivity index (χ1v) is 6.41. The van der Waals surface area contributed by atoms with Crippen molar-refractivity contribution < 1.29 is 4.74 Å². The van der Waals surface area contributed by atoms with Crippen molar-refractivity contribution in [1.82, 2.24) is 4.98 Å². The molecule has 2 nitrogen and oxygen atoms in total. The van der Waals surface area contributed by atoms with E-state index in [0.717, 1.165) is 33.5 Å². The van der Waals surface area contributed by atoms with Gasteiger partial charge in [-0.05, 0) is 0 Å². The van der Waals surface area contributed by atoms with Gasteiger partial charge in [-0.25, -0.2) is 0 Å². The van der Waals surface area contributed by atoms with Crippen molar-refractivity contribution in [1.29, 1.82) is 0 Å². The summed E-state index contributed by atoms with van der Waals surface area (Å²) in [5.41, 5.74) is 3.78. The molecule has 3 rings (SSSR count). The minimum absolute atomic E-state index is 0.817. The Morgan fingerprint density at radius 2 is 1.85 bits per heavy atom. The van der Waals surface area contributed by atoms with Gasteiger partial charge in [-0.15, -0.1) is 0 Å². The Labute approximate surface area is 119 Å². The second kappa shape index (κ2) is 5.29. The summed E-state index contributed by atoms with van der Waals surface area (Å²) < 4.78 is 5.48. The van der Waals surface area contributed by atoms with Gasteiger partial charge in [0.15, 0.2) is 0 Å². The Hall–Kier alpha value is -2.42. The molecule has 20 heavy (non-hydrogen) atoms. The third kappa shape index (κ3) is 2.23. The number of fused-ring (bicyclic) bond motifs is 1. The number of nitrogens with zero attached hydrogens (tertiary/aromatic N) is 1. The molecule has 2 aromatic carbocycles. The SMILES string of the molecule is [B]=Cc1ccc2c(OC)cc(-c3ccccc3)nc2c1. The van der Waals surface area contributed by atoms with Crippen LogP contribution >= 0.6 is 0 Å². The standard InChI is InChI=1S/C17H13BNO/c1-20-17-10-15(13-5-3-2-4-6-13)19-16-9-12(11-18)7-8-14(16)17/h2-11H,1H3. The number of aromatic nitrogens is 1. The zero-order valence-corrected chi connectivity index (χ0v) is 11.2. The van der Waals surface area contributed by atoms with Crippen LogP contribution in [0.2, 0.25) is 0 Å². The molecule has 1 aromatic heterocycles. The van der Waals surface area contributed by atoms with Gasteiger partial charge in [-0.2, -0.15) is 0 Å². The minimum atomic E-state index is 0.817. The molecule has 0 fully saturated rings. The van der Waals surface area contributed by atoms with E-state index in [1.807, 2.05) is 54.6 Å². The molecule has 0 bridgehead atoms. The first-order valence-electron chi connectivity index (χ1n) is 6.41. The van der Waals surface area contributed by atoms with Crippen LogP contribution in [0.3, 0.4) is 0 Å². The van der Waals surface area contributed by atoms with Crippen LogP contribution in [0.4, 0.5) is 0 Å². The van der Waals surface area contributed by atoms with Crippen molar-refractivity contribution in [3.63, 3.8) is 0 Å². The normalized spacial score (nSPS) is 10.4. The molecular weight excluding hydrogens is 245 g/mol. The molecule has 1 radical (unpaired) electrons. The van der Waals surface area contributed by atoms with Gasteiger partial charge >= 0.3 is 118 Å². The Balaban J connectivity index is 2.27. The summed E-state index contributed by atoms with van der Waals surface area (Å²) in [7, 11) is 7.25. The summed E-state index contributed by atoms with van der Waals surface area (Å²) in [5, 5.41) is 0.984. The number of benzene rings is 2. The fourth-order valence-electron chi connectivity index (χ4n) is 2.24. The van der Waals surface area contributed by atoms with Gasteiger partial charge < -0.3 is 0 Å². The zero-order chi connectivity index (χ0) is 13.9. The molecule has 0 N–H and O–H groups in total. The van der Waals surface area contributed by atoms with Crippen molar-refractivity contribution in [2.75, 3.05) is 7.11 Å². The van der Waals surface area contributed by atoms with Crippen molar-refractivity contribution in [2.24, 2.45) is 0 Å². The number of rotatable bonds is 3. The Morgan fingerprint density at radius 1 is 1.05 bits per heavy atom. The molecule has 3 heteroatoms. The predicted octanol–water partition coefficient (Wildman–Crippen LogP) is 3.23. The van der Waals surface area contributed by atoms with Crippen LogP contribution in [0.15, 0.2) is 54.6 Å². The Kier molecular flexibility index (Phi) is 3.34. The summed E-state index contributed by atoms with van der Waals surface area (Å²) in [5.74, 6) is 2.39. The Bertz CT molecular complexity index is 769. The molecule has 0 unspecified atom stereocenters. The van der Waals surface area contributed by atoms with E-state index < -0.39 is 0 Å². The molecule has 0 aliphatic heterocycles. The van der Waals surface area contributed by atoms with E-state index in [1.54, 1.807) is 13.1 Å². The number of methoxy groups -OCH3 is 1. The topological polar surface area (TPSA) is 22.1 Å². The molecule has 0 aliphatic carbocycles. The van der Waals surface area contributed by atoms with Crippen LogP contribution < -0.4 is 4.74 Å². The fourth-order valence-corrected chi connectivity index (χ4v) is 2.24. The first kappa shape index (κ1) is 12.6. The van der Waals surface area contributed by atoms with E-state index in [9.17, 15) is 0 Å². The van der Waals surface area contributed by atoms with Gasteiger partial charge in [0, 0.05) is 0 Å². The van der Waals surface area contributed by atoms with Gasteiger partial charge in [0.2, 0.25) is 0 Å². The van der Waals surface area contributed by atoms with E-state index in [2.05, 4.69) is 0 Å². The average Bonchev–Trinajstić information content (AvgIpc) is 2.54. The first-order chi connectivity index (χ1) is 9.81. The van der Waals surface area contributed by atoms with Crippen LogP contribution in [0, 0.1) is 0 Å². The molecule has 0 spiro atoms. The van der Waals surface area contributed by atoms with Crippen LogP contribution in [0.5, 0.6) is 5.75 Å². The van der Waals surface area contributed by atoms with Crippen LogP contribution in [0.1, 0.15) is 5.56 Å². The van der Waals surface area contributed by atoms with Gasteiger partial charge in [0.1, 0.15) is 0 Å². The van der Waals surface area contributed by atoms with E-state index in [-0.39, 0.29) is 0 Å². The predicted molar refractivity (Wildman–Crippen MR) is 84.7 cm³/mol. The second-order valence-corrected chi connectivity index (χ2v) is 4.52. The monoisotopic (exact) mass is 258 g/mol. The number of ether oxygens (including phenoxy) is 1. The third-order valence-corrected chi connectivity index (χ3v) is 3.28. The van der Waals surface area contributed by atoms with E-state index in [1.165, 1.54) is 0 Å². The number of hydrogen-bond donors (Lipinski definition) is 0. The van der Waals surface area contributed by atoms with Crippen molar-refractivity contribution in [2.45, 2.75) is 0 Å². The van der Waals surface area contributed by atoms with E-state index in [4.69, 9.17) is 17.2 Å². The fraction of sp³-hybridized carbons (Fsp3) is 0.0588. The van der Waals surface area contributed by atoms with Crippen LogP contribution in [-0.2, 0) is 0 Å². The van der Waals surface area contributed by atoms with Crippen molar-refractivity contribution in [3.8, 4) is 17.0 Å². The zero-order valence-electron chi connectivity index (χ0n) is 11.2. The van der Waals surface area contributed by atoms with Gasteiger partial charge in [0.05, 0.1) is 0 Å². The maximum atomic E-state index is 5.58. The molecular formula is C17H13BNO. The van der Waals surface area contributed by atoms with E-state index >= 15 is 0 Å². The average molecular weight is 258 g/mol. The summed E-state index contributed by atoms with van der Waals surface area (Å²) in [6.07, 6.45) is 0. The van der Waals surface area contributed by atoms with Crippen molar-refractivity contribution >= 4 is 24.4 Å².